The van der Waals surface area contributed by atoms with Crippen molar-refractivity contribution in [3.05, 3.63) is 60.2 Å². The van der Waals surface area contributed by atoms with Gasteiger partial charge >= 0.3 is 103 Å². The van der Waals surface area contributed by atoms with Crippen molar-refractivity contribution in [3.8, 4) is 11.5 Å². The van der Waals surface area contributed by atoms with Crippen LogP contribution in [0.2, 0.25) is 0 Å². The molecule has 0 aliphatic carbocycles. The van der Waals surface area contributed by atoms with Crippen molar-refractivity contribution in [2.24, 2.45) is 0 Å². The largest absolute Gasteiger partial charge is 1.00 e. The summed E-state index contributed by atoms with van der Waals surface area (Å²) < 4.78 is 28.0. The molecule has 136 valence electrons. The van der Waals surface area contributed by atoms with Gasteiger partial charge in [0.1, 0.15) is 11.5 Å². The van der Waals surface area contributed by atoms with Gasteiger partial charge in [0.15, 0.2) is 0 Å². The van der Waals surface area contributed by atoms with E-state index < -0.39 is 20.9 Å². The first-order valence-corrected chi connectivity index (χ1v) is 11.6. The maximum atomic E-state index is 11.7. The fourth-order valence-electron chi connectivity index (χ4n) is 2.42. The standard InChI is InChI=1S/C17H22O6P2.2K/c18-24(19,14-25(20,21)22)12-5-4-7-15-8-6-11-17(13-15)23-16-9-2-1-3-10-16;;/h1-3,6,8-11,13H,4-5,7,12,14H2,(H,18,19)(H2,20,21,22);;/q;2*+1/p-2. The van der Waals surface area contributed by atoms with Crippen LogP contribution in [0, 0.1) is 0 Å². The van der Waals surface area contributed by atoms with Crippen LogP contribution >= 0.6 is 15.0 Å². The van der Waals surface area contributed by atoms with E-state index in [1.165, 1.54) is 0 Å². The molecular weight excluding hydrogens is 440 g/mol. The van der Waals surface area contributed by atoms with E-state index in [-0.39, 0.29) is 109 Å². The van der Waals surface area contributed by atoms with Gasteiger partial charge in [0.25, 0.3) is 0 Å². The van der Waals surface area contributed by atoms with Crippen LogP contribution in [0.25, 0.3) is 0 Å². The van der Waals surface area contributed by atoms with Gasteiger partial charge in [-0.25, -0.2) is 0 Å². The second-order valence-corrected chi connectivity index (χ2v) is 10.3. The van der Waals surface area contributed by atoms with E-state index in [1.807, 2.05) is 54.6 Å². The number of unbranched alkanes of at least 4 members (excludes halogenated alkanes) is 1. The zero-order chi connectivity index (χ0) is 18.3. The summed E-state index contributed by atoms with van der Waals surface area (Å²) in [7, 11) is -8.87. The van der Waals surface area contributed by atoms with Crippen molar-refractivity contribution in [2.45, 2.75) is 19.3 Å². The minimum Gasteiger partial charge on any atom is -0.810 e. The van der Waals surface area contributed by atoms with Crippen molar-refractivity contribution in [1.82, 2.24) is 0 Å². The molecule has 1 N–H and O–H groups in total. The third-order valence-corrected chi connectivity index (χ3v) is 7.66. The van der Waals surface area contributed by atoms with Gasteiger partial charge in [-0.3, -0.25) is 4.57 Å². The number of benzene rings is 2. The number of aryl methyl sites for hydroxylation is 1. The summed E-state index contributed by atoms with van der Waals surface area (Å²) >= 11 is 0. The van der Waals surface area contributed by atoms with Crippen LogP contribution in [0.1, 0.15) is 18.4 Å². The quantitative estimate of drug-likeness (QED) is 0.242. The van der Waals surface area contributed by atoms with Crippen LogP contribution < -0.4 is 117 Å². The summed E-state index contributed by atoms with van der Waals surface area (Å²) in [5.41, 5.74) is 1.01. The fraction of sp³-hybridized carbons (Fsp3) is 0.294. The third kappa shape index (κ3) is 13.0. The molecule has 2 aromatic carbocycles. The zero-order valence-corrected chi connectivity index (χ0v) is 23.6. The molecule has 0 amide bonds. The molecule has 10 heteroatoms. The number of rotatable bonds is 9. The predicted octanol–water partition coefficient (Wildman–Crippen LogP) is -3.05. The van der Waals surface area contributed by atoms with Crippen molar-refractivity contribution in [2.75, 3.05) is 12.1 Å². The molecule has 27 heavy (non-hydrogen) atoms. The monoisotopic (exact) mass is 460 g/mol. The minimum absolute atomic E-state index is 0. The first kappa shape index (κ1) is 28.9. The molecule has 0 aliphatic rings. The van der Waals surface area contributed by atoms with Crippen LogP contribution in [0.4, 0.5) is 0 Å². The molecule has 0 radical (unpaired) electrons. The van der Waals surface area contributed by atoms with Crippen LogP contribution in [0.5, 0.6) is 11.5 Å². The third-order valence-electron chi connectivity index (χ3n) is 3.49. The van der Waals surface area contributed by atoms with Crippen molar-refractivity contribution in [3.63, 3.8) is 0 Å². The van der Waals surface area contributed by atoms with E-state index >= 15 is 0 Å². The van der Waals surface area contributed by atoms with Gasteiger partial charge in [-0.15, -0.1) is 0 Å². The van der Waals surface area contributed by atoms with E-state index in [0.717, 1.165) is 11.3 Å². The molecule has 6 nitrogen and oxygen atoms in total. The van der Waals surface area contributed by atoms with Gasteiger partial charge in [-0.1, -0.05) is 37.9 Å². The molecule has 0 aliphatic heterocycles. The van der Waals surface area contributed by atoms with Gasteiger partial charge in [-0.2, -0.15) is 0 Å². The smallest absolute Gasteiger partial charge is 0.810 e. The van der Waals surface area contributed by atoms with Crippen LogP contribution in [0.3, 0.4) is 0 Å². The molecule has 0 aromatic heterocycles. The zero-order valence-electron chi connectivity index (χ0n) is 15.6. The van der Waals surface area contributed by atoms with Crippen molar-refractivity contribution in [1.29, 1.82) is 0 Å². The first-order valence-electron chi connectivity index (χ1n) is 7.87. The molecule has 0 bridgehead atoms. The molecule has 0 fully saturated rings. The Labute approximate surface area is 244 Å². The second kappa shape index (κ2) is 14.0. The molecule has 1 unspecified atom stereocenters. The van der Waals surface area contributed by atoms with Crippen molar-refractivity contribution < 1.29 is 131 Å². The summed E-state index contributed by atoms with van der Waals surface area (Å²) in [4.78, 5) is 30.7. The van der Waals surface area contributed by atoms with Crippen LogP contribution in [-0.2, 0) is 15.6 Å². The Morgan fingerprint density at radius 2 is 1.52 bits per heavy atom. The predicted molar refractivity (Wildman–Crippen MR) is 93.1 cm³/mol. The minimum atomic E-state index is -4.96. The van der Waals surface area contributed by atoms with Gasteiger partial charge in [-0.05, 0) is 49.1 Å². The molecule has 0 saturated heterocycles. The Morgan fingerprint density at radius 1 is 0.889 bits per heavy atom. The molecular formula is C17H20K2O6P2. The summed E-state index contributed by atoms with van der Waals surface area (Å²) in [6.45, 7) is 0. The van der Waals surface area contributed by atoms with Crippen LogP contribution in [0.15, 0.2) is 54.6 Å². The van der Waals surface area contributed by atoms with E-state index in [4.69, 9.17) is 4.74 Å². The molecule has 2 rings (SSSR count). The average Bonchev–Trinajstić information content (AvgIpc) is 2.51. The van der Waals surface area contributed by atoms with E-state index in [0.29, 0.717) is 25.0 Å². The topological polar surface area (TPSA) is 110 Å². The Balaban J connectivity index is 0.00000338. The Hall–Kier alpha value is 1.85. The summed E-state index contributed by atoms with van der Waals surface area (Å²) in [5, 5.41) is 0. The normalized spacial score (nSPS) is 13.0. The van der Waals surface area contributed by atoms with E-state index in [1.54, 1.807) is 0 Å². The van der Waals surface area contributed by atoms with E-state index in [2.05, 4.69) is 0 Å². The Kier molecular flexibility index (Phi) is 15.0. The van der Waals surface area contributed by atoms with Gasteiger partial charge in [0.2, 0.25) is 7.37 Å². The summed E-state index contributed by atoms with van der Waals surface area (Å²) in [5.74, 6) is 0.274. The number of hydrogen-bond acceptors (Lipinski definition) is 5. The fourth-order valence-corrected chi connectivity index (χ4v) is 5.87. The number of ether oxygens (including phenoxy) is 1. The average molecular weight is 460 g/mol. The Bertz CT molecular complexity index is 782. The van der Waals surface area contributed by atoms with Crippen molar-refractivity contribution >= 4 is 15.0 Å². The number of hydrogen-bond donors (Lipinski definition) is 1. The second-order valence-electron chi connectivity index (χ2n) is 5.84. The number of para-hydroxylation sites is 1. The molecule has 1 atom stereocenters. The van der Waals surface area contributed by atoms with Crippen LogP contribution in [-0.4, -0.2) is 17.0 Å². The first-order chi connectivity index (χ1) is 11.7. The summed E-state index contributed by atoms with van der Waals surface area (Å²) in [6.07, 6.45) is 1.49. The van der Waals surface area contributed by atoms with Gasteiger partial charge in [0.05, 0.1) is 5.90 Å². The van der Waals surface area contributed by atoms with Gasteiger partial charge in [0, 0.05) is 6.16 Å². The van der Waals surface area contributed by atoms with E-state index in [9.17, 15) is 23.8 Å². The Morgan fingerprint density at radius 3 is 2.15 bits per heavy atom. The molecule has 0 heterocycles. The molecule has 0 spiro atoms. The maximum absolute atomic E-state index is 11.7. The van der Waals surface area contributed by atoms with Gasteiger partial charge < -0.3 is 24.0 Å². The SMILES string of the molecule is O=P([O-])([O-])CP(=O)(O)CCCCc1cccc(Oc2ccccc2)c1.[K+].[K+]. The molecule has 2 aromatic rings. The molecule has 0 saturated carbocycles. The maximum Gasteiger partial charge on any atom is 1.00 e. The summed E-state index contributed by atoms with van der Waals surface area (Å²) in [6, 6.07) is 16.9.